The zero-order chi connectivity index (χ0) is 17.5. The Morgan fingerprint density at radius 2 is 1.80 bits per heavy atom. The van der Waals surface area contributed by atoms with Crippen molar-refractivity contribution in [2.75, 3.05) is 5.32 Å². The van der Waals surface area contributed by atoms with E-state index in [1.807, 2.05) is 6.07 Å². The molecule has 0 atom stereocenters. The van der Waals surface area contributed by atoms with Gasteiger partial charge in [0, 0.05) is 24.2 Å². The largest absolute Gasteiger partial charge is 0.439 e. The van der Waals surface area contributed by atoms with E-state index in [0.717, 1.165) is 0 Å². The molecule has 0 radical (unpaired) electrons. The Morgan fingerprint density at radius 3 is 2.48 bits per heavy atom. The van der Waals surface area contributed by atoms with Crippen molar-refractivity contribution in [1.29, 1.82) is 0 Å². The van der Waals surface area contributed by atoms with Crippen LogP contribution in [0, 0.1) is 5.82 Å². The highest BCUT2D eigenvalue weighted by atomic mass is 19.1. The number of anilines is 1. The molecule has 0 bridgehead atoms. The summed E-state index contributed by atoms with van der Waals surface area (Å²) in [6.07, 6.45) is 3.01. The van der Waals surface area contributed by atoms with Crippen molar-refractivity contribution in [1.82, 2.24) is 4.98 Å². The van der Waals surface area contributed by atoms with E-state index in [1.165, 1.54) is 30.5 Å². The van der Waals surface area contributed by atoms with Gasteiger partial charge in [0.25, 0.3) is 0 Å². The normalized spacial score (nSPS) is 10.6. The summed E-state index contributed by atoms with van der Waals surface area (Å²) in [6.45, 7) is 0. The molecule has 2 aromatic carbocycles. The molecule has 3 rings (SSSR count). The fourth-order valence-electron chi connectivity index (χ4n) is 1.97. The molecule has 1 N–H and O–H groups in total. The van der Waals surface area contributed by atoms with Crippen LogP contribution in [0.25, 0.3) is 0 Å². The molecule has 0 saturated heterocycles. The molecule has 0 aliphatic rings. The summed E-state index contributed by atoms with van der Waals surface area (Å²) in [5, 5.41) is 2.63. The van der Waals surface area contributed by atoms with Gasteiger partial charge in [0.05, 0.1) is 0 Å². The third-order valence-electron chi connectivity index (χ3n) is 3.17. The maximum absolute atomic E-state index is 12.8. The van der Waals surface area contributed by atoms with Crippen molar-refractivity contribution in [3.05, 3.63) is 84.3 Å². The highest BCUT2D eigenvalue weighted by Gasteiger charge is 2.01. The number of hydrogen-bond acceptors (Lipinski definition) is 3. The van der Waals surface area contributed by atoms with E-state index in [9.17, 15) is 9.18 Å². The van der Waals surface area contributed by atoms with Crippen molar-refractivity contribution in [2.45, 2.75) is 0 Å². The van der Waals surface area contributed by atoms with Crippen LogP contribution >= 0.6 is 0 Å². The number of nitrogens with zero attached hydrogens (tertiary/aromatic N) is 2. The van der Waals surface area contributed by atoms with Crippen molar-refractivity contribution in [3.8, 4) is 11.6 Å². The lowest BCUT2D eigenvalue weighted by Crippen LogP contribution is -2.06. The highest BCUT2D eigenvalue weighted by molar-refractivity contribution is 5.97. The topological polar surface area (TPSA) is 63.6 Å². The van der Waals surface area contributed by atoms with E-state index in [0.29, 0.717) is 22.9 Å². The first-order valence-electron chi connectivity index (χ1n) is 7.49. The number of aliphatic imine (C=N–C) groups is 1. The van der Waals surface area contributed by atoms with Gasteiger partial charge in [-0.25, -0.2) is 19.2 Å². The zero-order valence-electron chi connectivity index (χ0n) is 13.1. The smallest absolute Gasteiger partial charge is 0.345 e. The molecule has 0 unspecified atom stereocenters. The number of halogens is 1. The molecular formula is C19H14FN3O2. The number of pyridine rings is 1. The Bertz CT molecular complexity index is 863. The van der Waals surface area contributed by atoms with Crippen LogP contribution in [-0.4, -0.2) is 17.2 Å². The van der Waals surface area contributed by atoms with E-state index in [4.69, 9.17) is 4.74 Å². The van der Waals surface area contributed by atoms with Crippen molar-refractivity contribution >= 4 is 17.9 Å². The molecule has 0 fully saturated rings. The lowest BCUT2D eigenvalue weighted by molar-refractivity contribution is 0.259. The van der Waals surface area contributed by atoms with Crippen LogP contribution < -0.4 is 10.1 Å². The Hall–Kier alpha value is -3.54. The second kappa shape index (κ2) is 7.83. The second-order valence-corrected chi connectivity index (χ2v) is 5.03. The first-order valence-corrected chi connectivity index (χ1v) is 7.49. The molecule has 0 aliphatic heterocycles. The van der Waals surface area contributed by atoms with Gasteiger partial charge in [0.2, 0.25) is 5.88 Å². The van der Waals surface area contributed by atoms with Gasteiger partial charge < -0.3 is 10.1 Å². The van der Waals surface area contributed by atoms with Gasteiger partial charge in [-0.3, -0.25) is 0 Å². The maximum atomic E-state index is 12.8. The molecule has 2 amide bonds. The van der Waals surface area contributed by atoms with Crippen molar-refractivity contribution < 1.29 is 13.9 Å². The molecule has 5 nitrogen and oxygen atoms in total. The van der Waals surface area contributed by atoms with E-state index in [2.05, 4.69) is 15.3 Å². The van der Waals surface area contributed by atoms with Gasteiger partial charge in [-0.2, -0.15) is 0 Å². The van der Waals surface area contributed by atoms with Crippen LogP contribution in [0.3, 0.4) is 0 Å². The molecule has 0 saturated carbocycles. The minimum atomic E-state index is -0.525. The van der Waals surface area contributed by atoms with E-state index in [-0.39, 0.29) is 5.82 Å². The maximum Gasteiger partial charge on any atom is 0.345 e. The highest BCUT2D eigenvalue weighted by Crippen LogP contribution is 2.21. The first-order chi connectivity index (χ1) is 12.2. The van der Waals surface area contributed by atoms with E-state index >= 15 is 0 Å². The van der Waals surface area contributed by atoms with Gasteiger partial charge in [-0.05, 0) is 48.0 Å². The predicted octanol–water partition coefficient (Wildman–Crippen LogP) is 4.66. The number of carbonyl (C=O) groups is 1. The van der Waals surface area contributed by atoms with Gasteiger partial charge in [-0.1, -0.05) is 18.2 Å². The summed E-state index contributed by atoms with van der Waals surface area (Å²) in [4.78, 5) is 19.6. The van der Waals surface area contributed by atoms with Crippen LogP contribution in [0.15, 0.2) is 77.9 Å². The quantitative estimate of drug-likeness (QED) is 0.705. The number of aromatic nitrogens is 1. The lowest BCUT2D eigenvalue weighted by atomic mass is 10.2. The van der Waals surface area contributed by atoms with Crippen molar-refractivity contribution in [2.24, 2.45) is 4.99 Å². The average molecular weight is 335 g/mol. The third kappa shape index (κ3) is 4.97. The fourth-order valence-corrected chi connectivity index (χ4v) is 1.97. The lowest BCUT2D eigenvalue weighted by Gasteiger charge is -2.06. The van der Waals surface area contributed by atoms with Crippen LogP contribution in [0.2, 0.25) is 0 Å². The van der Waals surface area contributed by atoms with Crippen LogP contribution in [0.4, 0.5) is 14.9 Å². The van der Waals surface area contributed by atoms with Crippen molar-refractivity contribution in [3.63, 3.8) is 0 Å². The standard InChI is InChI=1S/C19H14FN3O2/c20-15-6-4-14(5-7-15)13-22-19(24)23-16-8-10-17(11-9-16)25-18-3-1-2-12-21-18/h1-13H,(H,23,24). The summed E-state index contributed by atoms with van der Waals surface area (Å²) in [7, 11) is 0. The number of urea groups is 1. The molecular weight excluding hydrogens is 321 g/mol. The molecule has 0 aliphatic carbocycles. The zero-order valence-corrected chi connectivity index (χ0v) is 13.1. The molecule has 1 heterocycles. The van der Waals surface area contributed by atoms with Gasteiger partial charge in [0.15, 0.2) is 0 Å². The van der Waals surface area contributed by atoms with Crippen LogP contribution in [0.1, 0.15) is 5.56 Å². The Labute approximate surface area is 143 Å². The fraction of sp³-hybridized carbons (Fsp3) is 0. The van der Waals surface area contributed by atoms with Crippen LogP contribution in [0.5, 0.6) is 11.6 Å². The minimum Gasteiger partial charge on any atom is -0.439 e. The second-order valence-electron chi connectivity index (χ2n) is 5.03. The molecule has 0 spiro atoms. The number of amides is 2. The van der Waals surface area contributed by atoms with Crippen LogP contribution in [-0.2, 0) is 0 Å². The number of nitrogens with one attached hydrogen (secondary N) is 1. The van der Waals surface area contributed by atoms with E-state index in [1.54, 1.807) is 42.6 Å². The summed E-state index contributed by atoms with van der Waals surface area (Å²) in [5.41, 5.74) is 1.21. The first kappa shape index (κ1) is 16.3. The molecule has 3 aromatic rings. The molecule has 6 heteroatoms. The number of rotatable bonds is 4. The summed E-state index contributed by atoms with van der Waals surface area (Å²) >= 11 is 0. The minimum absolute atomic E-state index is 0.338. The van der Waals surface area contributed by atoms with E-state index < -0.39 is 6.03 Å². The third-order valence-corrected chi connectivity index (χ3v) is 3.17. The Kier molecular flexibility index (Phi) is 5.11. The monoisotopic (exact) mass is 335 g/mol. The molecule has 124 valence electrons. The predicted molar refractivity (Wildman–Crippen MR) is 93.8 cm³/mol. The van der Waals surface area contributed by atoms with Gasteiger partial charge in [0.1, 0.15) is 11.6 Å². The molecule has 1 aromatic heterocycles. The Morgan fingerprint density at radius 1 is 1.04 bits per heavy atom. The van der Waals surface area contributed by atoms with Gasteiger partial charge in [-0.15, -0.1) is 0 Å². The summed E-state index contributed by atoms with van der Waals surface area (Å²) in [6, 6.07) is 17.4. The number of benzene rings is 2. The summed E-state index contributed by atoms with van der Waals surface area (Å²) in [5.74, 6) is 0.754. The number of hydrogen-bond donors (Lipinski definition) is 1. The Balaban J connectivity index is 1.57. The average Bonchev–Trinajstić information content (AvgIpc) is 2.64. The SMILES string of the molecule is O=C(N=Cc1ccc(F)cc1)Nc1ccc(Oc2ccccn2)cc1. The van der Waals surface area contributed by atoms with Gasteiger partial charge >= 0.3 is 6.03 Å². The number of ether oxygens (including phenoxy) is 1. The summed E-state index contributed by atoms with van der Waals surface area (Å²) < 4.78 is 18.4. The number of carbonyl (C=O) groups excluding carboxylic acids is 1. The molecule has 25 heavy (non-hydrogen) atoms.